The zero-order valence-corrected chi connectivity index (χ0v) is 15.3. The molecule has 0 aromatic carbocycles. The topological polar surface area (TPSA) is 78.5 Å². The van der Waals surface area contributed by atoms with Gasteiger partial charge in [-0.1, -0.05) is 0 Å². The zero-order chi connectivity index (χ0) is 17.8. The lowest BCUT2D eigenvalue weighted by Crippen LogP contribution is -2.59. The molecule has 4 saturated carbocycles. The Hall–Kier alpha value is -1.59. The standard InChI is InChI=1S/C19H29N3O3/c1-18(2)16(24)22(17(25)21-18)5-3-4-15(23)20-19-9-12-6-13(10-19)8-14(7-12)11-19/h12-14H,3-11H2,1-2H3,(H,20,23)(H,21,25). The smallest absolute Gasteiger partial charge is 0.325 e. The average Bonchev–Trinajstić information content (AvgIpc) is 2.66. The lowest BCUT2D eigenvalue weighted by Gasteiger charge is -2.56. The summed E-state index contributed by atoms with van der Waals surface area (Å²) in [6, 6.07) is -0.350. The van der Waals surface area contributed by atoms with E-state index in [1.165, 1.54) is 24.2 Å². The first-order valence-electron chi connectivity index (χ1n) is 9.71. The van der Waals surface area contributed by atoms with Gasteiger partial charge in [0.15, 0.2) is 0 Å². The molecule has 0 spiro atoms. The highest BCUT2D eigenvalue weighted by molar-refractivity contribution is 6.06. The third kappa shape index (κ3) is 3.04. The molecular weight excluding hydrogens is 318 g/mol. The number of hydrogen-bond donors (Lipinski definition) is 2. The molecule has 4 bridgehead atoms. The first-order valence-corrected chi connectivity index (χ1v) is 9.71. The molecule has 4 aliphatic carbocycles. The first-order chi connectivity index (χ1) is 11.8. The summed E-state index contributed by atoms with van der Waals surface area (Å²) in [5, 5.41) is 6.02. The number of amides is 4. The number of hydrogen-bond acceptors (Lipinski definition) is 3. The predicted molar refractivity (Wildman–Crippen MR) is 92.6 cm³/mol. The van der Waals surface area contributed by atoms with Gasteiger partial charge in [-0.25, -0.2) is 4.79 Å². The van der Waals surface area contributed by atoms with E-state index < -0.39 is 5.54 Å². The van der Waals surface area contributed by atoms with E-state index in [4.69, 9.17) is 0 Å². The van der Waals surface area contributed by atoms with E-state index in [9.17, 15) is 14.4 Å². The maximum atomic E-state index is 12.5. The molecule has 1 heterocycles. The Morgan fingerprint density at radius 3 is 2.16 bits per heavy atom. The Labute approximate surface area is 149 Å². The van der Waals surface area contributed by atoms with E-state index in [2.05, 4.69) is 10.6 Å². The van der Waals surface area contributed by atoms with Crippen LogP contribution in [0.1, 0.15) is 65.2 Å². The third-order valence-electron chi connectivity index (χ3n) is 6.67. The fourth-order valence-electron chi connectivity index (χ4n) is 6.04. The molecule has 0 aromatic rings. The number of imide groups is 1. The van der Waals surface area contributed by atoms with Crippen LogP contribution < -0.4 is 10.6 Å². The number of carbonyl (C=O) groups is 3. The van der Waals surface area contributed by atoms with Crippen molar-refractivity contribution in [2.24, 2.45) is 17.8 Å². The second kappa shape index (κ2) is 5.71. The molecule has 5 fully saturated rings. The van der Waals surface area contributed by atoms with Crippen molar-refractivity contribution in [2.75, 3.05) is 6.54 Å². The first kappa shape index (κ1) is 16.9. The molecule has 0 unspecified atom stereocenters. The normalized spacial score (nSPS) is 38.2. The van der Waals surface area contributed by atoms with Gasteiger partial charge in [-0.15, -0.1) is 0 Å². The maximum Gasteiger partial charge on any atom is 0.325 e. The molecule has 5 rings (SSSR count). The molecule has 0 aromatic heterocycles. The van der Waals surface area contributed by atoms with Gasteiger partial charge in [-0.3, -0.25) is 14.5 Å². The largest absolute Gasteiger partial charge is 0.351 e. The quantitative estimate of drug-likeness (QED) is 0.748. The highest BCUT2D eigenvalue weighted by Crippen LogP contribution is 2.55. The van der Waals surface area contributed by atoms with Crippen molar-refractivity contribution < 1.29 is 14.4 Å². The summed E-state index contributed by atoms with van der Waals surface area (Å²) in [6.07, 6.45) is 8.40. The van der Waals surface area contributed by atoms with Gasteiger partial charge in [-0.2, -0.15) is 0 Å². The van der Waals surface area contributed by atoms with Crippen molar-refractivity contribution in [1.29, 1.82) is 0 Å². The maximum absolute atomic E-state index is 12.5. The second-order valence-electron chi connectivity index (χ2n) is 9.36. The van der Waals surface area contributed by atoms with Crippen molar-refractivity contribution >= 4 is 17.8 Å². The summed E-state index contributed by atoms with van der Waals surface area (Å²) >= 11 is 0. The van der Waals surface area contributed by atoms with Crippen molar-refractivity contribution in [1.82, 2.24) is 15.5 Å². The van der Waals surface area contributed by atoms with Crippen LogP contribution in [0.25, 0.3) is 0 Å². The minimum absolute atomic E-state index is 0.0364. The van der Waals surface area contributed by atoms with Crippen LogP contribution in [0.15, 0.2) is 0 Å². The zero-order valence-electron chi connectivity index (χ0n) is 15.3. The SMILES string of the molecule is CC1(C)NC(=O)N(CCCC(=O)NC23CC4CC(CC(C4)C2)C3)C1=O. The van der Waals surface area contributed by atoms with E-state index in [0.717, 1.165) is 37.0 Å². The van der Waals surface area contributed by atoms with Crippen LogP contribution >= 0.6 is 0 Å². The Balaban J connectivity index is 1.28. The Bertz CT molecular complexity index is 578. The minimum Gasteiger partial charge on any atom is -0.351 e. The van der Waals surface area contributed by atoms with Crippen LogP contribution in [-0.4, -0.2) is 40.4 Å². The summed E-state index contributed by atoms with van der Waals surface area (Å²) in [4.78, 5) is 37.7. The van der Waals surface area contributed by atoms with E-state index in [-0.39, 0.29) is 23.4 Å². The molecule has 5 aliphatic rings. The van der Waals surface area contributed by atoms with Gasteiger partial charge in [0.1, 0.15) is 5.54 Å². The number of rotatable bonds is 5. The molecular formula is C19H29N3O3. The second-order valence-corrected chi connectivity index (χ2v) is 9.36. The fraction of sp³-hybridized carbons (Fsp3) is 0.842. The molecule has 0 radical (unpaired) electrons. The highest BCUT2D eigenvalue weighted by atomic mass is 16.2. The van der Waals surface area contributed by atoms with Gasteiger partial charge in [0.05, 0.1) is 0 Å². The number of nitrogens with one attached hydrogen (secondary N) is 2. The molecule has 6 heteroatoms. The van der Waals surface area contributed by atoms with Gasteiger partial charge < -0.3 is 10.6 Å². The van der Waals surface area contributed by atoms with Gasteiger partial charge in [-0.05, 0) is 76.5 Å². The number of carbonyl (C=O) groups excluding carboxylic acids is 3. The van der Waals surface area contributed by atoms with E-state index in [0.29, 0.717) is 19.4 Å². The van der Waals surface area contributed by atoms with Crippen LogP contribution in [0, 0.1) is 17.8 Å². The minimum atomic E-state index is -0.835. The molecule has 1 aliphatic heterocycles. The molecule has 1 saturated heterocycles. The van der Waals surface area contributed by atoms with Crippen LogP contribution in [0.3, 0.4) is 0 Å². The summed E-state index contributed by atoms with van der Waals surface area (Å²) in [7, 11) is 0. The molecule has 25 heavy (non-hydrogen) atoms. The Kier molecular flexibility index (Phi) is 3.85. The van der Waals surface area contributed by atoms with E-state index in [1.807, 2.05) is 0 Å². The van der Waals surface area contributed by atoms with Crippen LogP contribution in [0.2, 0.25) is 0 Å². The monoisotopic (exact) mass is 347 g/mol. The lowest BCUT2D eigenvalue weighted by molar-refractivity contribution is -0.131. The van der Waals surface area contributed by atoms with Gasteiger partial charge in [0.2, 0.25) is 5.91 Å². The number of nitrogens with zero attached hydrogens (tertiary/aromatic N) is 1. The fourth-order valence-corrected chi connectivity index (χ4v) is 6.04. The van der Waals surface area contributed by atoms with Crippen molar-refractivity contribution in [2.45, 2.75) is 76.3 Å². The summed E-state index contributed by atoms with van der Waals surface area (Å²) in [5.41, 5.74) is -0.798. The highest BCUT2D eigenvalue weighted by Gasteiger charge is 2.51. The van der Waals surface area contributed by atoms with E-state index >= 15 is 0 Å². The van der Waals surface area contributed by atoms with Gasteiger partial charge in [0.25, 0.3) is 5.91 Å². The average molecular weight is 347 g/mol. The molecule has 4 amide bonds. The number of urea groups is 1. The predicted octanol–water partition coefficient (Wildman–Crippen LogP) is 2.18. The van der Waals surface area contributed by atoms with Crippen LogP contribution in [0.4, 0.5) is 4.79 Å². The van der Waals surface area contributed by atoms with Crippen molar-refractivity contribution in [3.8, 4) is 0 Å². The molecule has 6 nitrogen and oxygen atoms in total. The van der Waals surface area contributed by atoms with Gasteiger partial charge in [0, 0.05) is 18.5 Å². The molecule has 138 valence electrons. The Morgan fingerprint density at radius 1 is 1.12 bits per heavy atom. The molecule has 0 atom stereocenters. The summed E-state index contributed by atoms with van der Waals surface area (Å²) < 4.78 is 0. The van der Waals surface area contributed by atoms with Crippen LogP contribution in [-0.2, 0) is 9.59 Å². The van der Waals surface area contributed by atoms with Gasteiger partial charge >= 0.3 is 6.03 Å². The van der Waals surface area contributed by atoms with E-state index in [1.54, 1.807) is 13.8 Å². The van der Waals surface area contributed by atoms with Crippen molar-refractivity contribution in [3.05, 3.63) is 0 Å². The van der Waals surface area contributed by atoms with Crippen LogP contribution in [0.5, 0.6) is 0 Å². The molecule has 2 N–H and O–H groups in total. The summed E-state index contributed by atoms with van der Waals surface area (Å²) in [5.74, 6) is 2.28. The third-order valence-corrected chi connectivity index (χ3v) is 6.67. The summed E-state index contributed by atoms with van der Waals surface area (Å²) in [6.45, 7) is 3.71. The Morgan fingerprint density at radius 2 is 1.68 bits per heavy atom. The van der Waals surface area contributed by atoms with Crippen molar-refractivity contribution in [3.63, 3.8) is 0 Å². The lowest BCUT2D eigenvalue weighted by atomic mass is 9.53.